The van der Waals surface area contributed by atoms with E-state index >= 15 is 0 Å². The molecule has 0 spiro atoms. The first-order valence-corrected chi connectivity index (χ1v) is 6.88. The van der Waals surface area contributed by atoms with Gasteiger partial charge in [-0.15, -0.1) is 0 Å². The third kappa shape index (κ3) is 2.82. The number of fused-ring (bicyclic) bond motifs is 1. The molecular weight excluding hydrogens is 252 g/mol. The summed E-state index contributed by atoms with van der Waals surface area (Å²) in [6.07, 6.45) is 4.93. The Morgan fingerprint density at radius 3 is 2.85 bits per heavy atom. The van der Waals surface area contributed by atoms with Crippen LogP contribution in [0.25, 0.3) is 0 Å². The number of nitrogens with one attached hydrogen (secondary N) is 1. The van der Waals surface area contributed by atoms with Gasteiger partial charge in [-0.05, 0) is 43.5 Å². The van der Waals surface area contributed by atoms with Crippen molar-refractivity contribution in [3.8, 4) is 5.75 Å². The van der Waals surface area contributed by atoms with E-state index in [1.807, 2.05) is 24.3 Å². The molecule has 0 atom stereocenters. The Bertz CT molecular complexity index is 583. The zero-order chi connectivity index (χ0) is 13.8. The van der Waals surface area contributed by atoms with Crippen molar-refractivity contribution in [2.45, 2.75) is 19.3 Å². The van der Waals surface area contributed by atoms with E-state index < -0.39 is 0 Å². The highest BCUT2D eigenvalue weighted by Gasteiger charge is 2.16. The first-order valence-electron chi connectivity index (χ1n) is 6.88. The van der Waals surface area contributed by atoms with Gasteiger partial charge in [-0.1, -0.05) is 0 Å². The fraction of sp³-hybridized carbons (Fsp3) is 0.333. The smallest absolute Gasteiger partial charge is 0.132 e. The van der Waals surface area contributed by atoms with Gasteiger partial charge in [-0.3, -0.25) is 0 Å². The summed E-state index contributed by atoms with van der Waals surface area (Å²) in [6.45, 7) is 1.30. The number of nitrogen functional groups attached to an aromatic ring is 1. The number of aryl methyl sites for hydroxylation is 1. The molecule has 104 valence electrons. The fourth-order valence-electron chi connectivity index (χ4n) is 2.41. The number of aromatic nitrogens is 2. The van der Waals surface area contributed by atoms with Crippen molar-refractivity contribution in [2.75, 3.05) is 24.2 Å². The van der Waals surface area contributed by atoms with Gasteiger partial charge in [0.25, 0.3) is 0 Å². The quantitative estimate of drug-likeness (QED) is 0.642. The van der Waals surface area contributed by atoms with Crippen LogP contribution in [-0.4, -0.2) is 23.1 Å². The van der Waals surface area contributed by atoms with E-state index in [0.717, 1.165) is 30.1 Å². The maximum absolute atomic E-state index is 5.64. The van der Waals surface area contributed by atoms with Crippen molar-refractivity contribution < 1.29 is 4.74 Å². The van der Waals surface area contributed by atoms with Crippen molar-refractivity contribution in [1.82, 2.24) is 9.97 Å². The van der Waals surface area contributed by atoms with Gasteiger partial charge in [-0.2, -0.15) is 0 Å². The lowest BCUT2D eigenvalue weighted by Gasteiger charge is -2.10. The Hall–Kier alpha value is -2.30. The van der Waals surface area contributed by atoms with E-state index in [-0.39, 0.29) is 0 Å². The van der Waals surface area contributed by atoms with E-state index in [9.17, 15) is 0 Å². The number of anilines is 2. The summed E-state index contributed by atoms with van der Waals surface area (Å²) in [4.78, 5) is 8.62. The van der Waals surface area contributed by atoms with Gasteiger partial charge in [0.2, 0.25) is 0 Å². The predicted molar refractivity (Wildman–Crippen MR) is 78.9 cm³/mol. The molecule has 0 amide bonds. The molecule has 1 aliphatic carbocycles. The molecule has 0 fully saturated rings. The zero-order valence-corrected chi connectivity index (χ0v) is 11.3. The summed E-state index contributed by atoms with van der Waals surface area (Å²) in [5.74, 6) is 1.78. The molecule has 5 nitrogen and oxygen atoms in total. The van der Waals surface area contributed by atoms with Crippen LogP contribution in [0.15, 0.2) is 30.6 Å². The molecule has 0 bridgehead atoms. The largest absolute Gasteiger partial charge is 0.492 e. The van der Waals surface area contributed by atoms with E-state index in [1.165, 1.54) is 17.7 Å². The lowest BCUT2D eigenvalue weighted by atomic mass is 10.2. The Balaban J connectivity index is 1.51. The number of nitrogens with zero attached hydrogens (tertiary/aromatic N) is 2. The standard InChI is InChI=1S/C15H18N4O/c16-11-4-6-12(7-5-11)20-9-8-17-15-13-2-1-3-14(13)18-10-19-15/h4-7,10H,1-3,8-9,16H2,(H,17,18,19). The molecule has 1 aliphatic rings. The van der Waals surface area contributed by atoms with Crippen molar-refractivity contribution in [1.29, 1.82) is 0 Å². The summed E-state index contributed by atoms with van der Waals surface area (Å²) in [5, 5.41) is 3.33. The Labute approximate surface area is 118 Å². The van der Waals surface area contributed by atoms with Crippen LogP contribution in [0.2, 0.25) is 0 Å². The molecule has 0 aliphatic heterocycles. The maximum Gasteiger partial charge on any atom is 0.132 e. The molecule has 1 aromatic heterocycles. The summed E-state index contributed by atoms with van der Waals surface area (Å²) in [6, 6.07) is 7.41. The van der Waals surface area contributed by atoms with Crippen LogP contribution in [-0.2, 0) is 12.8 Å². The van der Waals surface area contributed by atoms with Gasteiger partial charge in [0.05, 0.1) is 6.54 Å². The van der Waals surface area contributed by atoms with Gasteiger partial charge in [0.15, 0.2) is 0 Å². The predicted octanol–water partition coefficient (Wildman–Crippen LogP) is 2.04. The highest BCUT2D eigenvalue weighted by molar-refractivity contribution is 5.48. The Morgan fingerprint density at radius 1 is 1.15 bits per heavy atom. The number of rotatable bonds is 5. The minimum Gasteiger partial charge on any atom is -0.492 e. The van der Waals surface area contributed by atoms with E-state index in [0.29, 0.717) is 13.2 Å². The van der Waals surface area contributed by atoms with Crippen LogP contribution in [0, 0.1) is 0 Å². The van der Waals surface area contributed by atoms with E-state index in [4.69, 9.17) is 10.5 Å². The molecule has 1 heterocycles. The van der Waals surface area contributed by atoms with E-state index in [1.54, 1.807) is 6.33 Å². The molecule has 5 heteroatoms. The van der Waals surface area contributed by atoms with E-state index in [2.05, 4.69) is 15.3 Å². The molecule has 1 aromatic carbocycles. The average molecular weight is 270 g/mol. The minimum absolute atomic E-state index is 0.586. The van der Waals surface area contributed by atoms with Crippen LogP contribution in [0.4, 0.5) is 11.5 Å². The molecule has 0 saturated carbocycles. The van der Waals surface area contributed by atoms with Crippen LogP contribution in [0.5, 0.6) is 5.75 Å². The average Bonchev–Trinajstić information content (AvgIpc) is 2.94. The number of nitrogens with two attached hydrogens (primary N) is 1. The lowest BCUT2D eigenvalue weighted by molar-refractivity contribution is 0.333. The normalized spacial score (nSPS) is 13.0. The van der Waals surface area contributed by atoms with Gasteiger partial charge in [0, 0.05) is 16.9 Å². The van der Waals surface area contributed by atoms with Gasteiger partial charge in [-0.25, -0.2) is 9.97 Å². The third-order valence-corrected chi connectivity index (χ3v) is 3.42. The fourth-order valence-corrected chi connectivity index (χ4v) is 2.41. The molecule has 0 radical (unpaired) electrons. The first kappa shape index (κ1) is 12.7. The Kier molecular flexibility index (Phi) is 3.67. The number of ether oxygens (including phenoxy) is 1. The summed E-state index contributed by atoms with van der Waals surface area (Å²) in [5.41, 5.74) is 8.82. The second-order valence-electron chi connectivity index (χ2n) is 4.85. The van der Waals surface area contributed by atoms with Gasteiger partial charge < -0.3 is 15.8 Å². The molecule has 3 N–H and O–H groups in total. The Morgan fingerprint density at radius 2 is 2.00 bits per heavy atom. The third-order valence-electron chi connectivity index (χ3n) is 3.42. The molecular formula is C15H18N4O. The van der Waals surface area contributed by atoms with Crippen molar-refractivity contribution in [3.05, 3.63) is 41.9 Å². The van der Waals surface area contributed by atoms with Crippen molar-refractivity contribution >= 4 is 11.5 Å². The summed E-state index contributed by atoms with van der Waals surface area (Å²) in [7, 11) is 0. The number of hydrogen-bond acceptors (Lipinski definition) is 5. The van der Waals surface area contributed by atoms with Crippen LogP contribution >= 0.6 is 0 Å². The molecule has 0 saturated heterocycles. The SMILES string of the molecule is Nc1ccc(OCCNc2ncnc3c2CCC3)cc1. The first-order chi connectivity index (χ1) is 9.83. The monoisotopic (exact) mass is 270 g/mol. The maximum atomic E-state index is 5.64. The highest BCUT2D eigenvalue weighted by Crippen LogP contribution is 2.24. The second-order valence-corrected chi connectivity index (χ2v) is 4.85. The molecule has 0 unspecified atom stereocenters. The van der Waals surface area contributed by atoms with Crippen LogP contribution < -0.4 is 15.8 Å². The number of benzene rings is 1. The highest BCUT2D eigenvalue weighted by atomic mass is 16.5. The minimum atomic E-state index is 0.586. The lowest BCUT2D eigenvalue weighted by Crippen LogP contribution is -2.14. The number of hydrogen-bond donors (Lipinski definition) is 2. The molecule has 20 heavy (non-hydrogen) atoms. The summed E-state index contributed by atoms with van der Waals surface area (Å²) >= 11 is 0. The second kappa shape index (κ2) is 5.77. The zero-order valence-electron chi connectivity index (χ0n) is 11.3. The van der Waals surface area contributed by atoms with Crippen LogP contribution in [0.1, 0.15) is 17.7 Å². The summed E-state index contributed by atoms with van der Waals surface area (Å²) < 4.78 is 5.64. The van der Waals surface area contributed by atoms with Crippen molar-refractivity contribution in [3.63, 3.8) is 0 Å². The molecule has 3 rings (SSSR count). The van der Waals surface area contributed by atoms with Gasteiger partial charge in [0.1, 0.15) is 24.5 Å². The van der Waals surface area contributed by atoms with Crippen molar-refractivity contribution in [2.24, 2.45) is 0 Å². The molecule has 2 aromatic rings. The van der Waals surface area contributed by atoms with Gasteiger partial charge >= 0.3 is 0 Å². The topological polar surface area (TPSA) is 73.1 Å². The van der Waals surface area contributed by atoms with Crippen LogP contribution in [0.3, 0.4) is 0 Å².